The summed E-state index contributed by atoms with van der Waals surface area (Å²) in [6, 6.07) is 7.63. The minimum absolute atomic E-state index is 0.133. The molecule has 0 bridgehead atoms. The summed E-state index contributed by atoms with van der Waals surface area (Å²) in [5.74, 6) is 0.313. The molecule has 2 heterocycles. The van der Waals surface area contributed by atoms with Crippen molar-refractivity contribution < 1.29 is 9.47 Å². The van der Waals surface area contributed by atoms with Gasteiger partial charge in [0.05, 0.1) is 10.0 Å². The van der Waals surface area contributed by atoms with Gasteiger partial charge in [-0.3, -0.25) is 4.98 Å². The lowest BCUT2D eigenvalue weighted by Gasteiger charge is -2.12. The van der Waals surface area contributed by atoms with Crippen molar-refractivity contribution in [1.82, 2.24) is 19.9 Å². The molecule has 3 aromatic rings. The number of rotatable bonds is 6. The van der Waals surface area contributed by atoms with Crippen molar-refractivity contribution >= 4 is 37.7 Å². The van der Waals surface area contributed by atoms with Crippen LogP contribution < -0.4 is 20.9 Å². The van der Waals surface area contributed by atoms with E-state index in [2.05, 4.69) is 51.8 Å². The second-order valence-electron chi connectivity index (χ2n) is 5.02. The van der Waals surface area contributed by atoms with Crippen molar-refractivity contribution in [3.8, 4) is 23.0 Å². The van der Waals surface area contributed by atoms with Gasteiger partial charge < -0.3 is 15.2 Å². The molecule has 10 heteroatoms. The number of nitrogens with zero attached hydrogens (tertiary/aromatic N) is 3. The molecule has 8 nitrogen and oxygen atoms in total. The number of aromatic amines is 1. The molecular weight excluding hydrogens is 470 g/mol. The zero-order valence-corrected chi connectivity index (χ0v) is 16.4. The summed E-state index contributed by atoms with van der Waals surface area (Å²) in [7, 11) is 0. The van der Waals surface area contributed by atoms with Crippen LogP contribution in [0.4, 0.5) is 5.82 Å². The van der Waals surface area contributed by atoms with Crippen LogP contribution in [0, 0.1) is 0 Å². The number of nitrogens with one attached hydrogen (secondary N) is 1. The van der Waals surface area contributed by atoms with Crippen LogP contribution in [0.3, 0.4) is 0 Å². The number of H-pyrrole nitrogens is 1. The fraction of sp³-hybridized carbons (Fsp3) is 0.125. The molecule has 0 spiro atoms. The van der Waals surface area contributed by atoms with E-state index in [9.17, 15) is 4.79 Å². The monoisotopic (exact) mass is 481 g/mol. The van der Waals surface area contributed by atoms with Crippen LogP contribution in [0.25, 0.3) is 11.1 Å². The van der Waals surface area contributed by atoms with E-state index in [1.165, 1.54) is 0 Å². The first-order valence-corrected chi connectivity index (χ1v) is 9.00. The Hall–Kier alpha value is -2.46. The maximum Gasteiger partial charge on any atom is 0.349 e. The molecule has 3 N–H and O–H groups in total. The van der Waals surface area contributed by atoms with E-state index < -0.39 is 5.69 Å². The highest BCUT2D eigenvalue weighted by Crippen LogP contribution is 2.32. The Morgan fingerprint density at radius 2 is 1.65 bits per heavy atom. The van der Waals surface area contributed by atoms with Gasteiger partial charge >= 0.3 is 11.7 Å². The van der Waals surface area contributed by atoms with Crippen LogP contribution in [0.2, 0.25) is 0 Å². The number of hydrogen-bond acceptors (Lipinski definition) is 7. The van der Waals surface area contributed by atoms with Gasteiger partial charge in [-0.1, -0.05) is 28.1 Å². The van der Waals surface area contributed by atoms with Crippen molar-refractivity contribution in [2.75, 3.05) is 18.9 Å². The molecule has 0 aliphatic rings. The number of halogens is 2. The third-order valence-corrected chi connectivity index (χ3v) is 4.15. The Balaban J connectivity index is 1.73. The van der Waals surface area contributed by atoms with Crippen molar-refractivity contribution in [3.05, 3.63) is 56.1 Å². The van der Waals surface area contributed by atoms with Crippen LogP contribution in [-0.4, -0.2) is 33.1 Å². The molecule has 0 fully saturated rings. The minimum atomic E-state index is -0.587. The average Bonchev–Trinajstić information content (AvgIpc) is 2.61. The van der Waals surface area contributed by atoms with E-state index in [0.717, 1.165) is 14.5 Å². The van der Waals surface area contributed by atoms with Crippen molar-refractivity contribution in [2.24, 2.45) is 0 Å². The fourth-order valence-electron chi connectivity index (χ4n) is 2.12. The maximum atomic E-state index is 11.6. The highest BCUT2D eigenvalue weighted by Gasteiger charge is 2.14. The van der Waals surface area contributed by atoms with Gasteiger partial charge in [-0.2, -0.15) is 4.98 Å². The molecule has 0 atom stereocenters. The Bertz CT molecular complexity index is 946. The molecule has 0 aliphatic heterocycles. The molecule has 1 aromatic carbocycles. The molecular formula is C16H13Br2N5O3. The van der Waals surface area contributed by atoms with E-state index >= 15 is 0 Å². The molecule has 0 saturated carbocycles. The summed E-state index contributed by atoms with van der Waals surface area (Å²) < 4.78 is 12.7. The van der Waals surface area contributed by atoms with Crippen LogP contribution in [-0.2, 0) is 0 Å². The predicted octanol–water partition coefficient (Wildman–Crippen LogP) is 2.79. The molecule has 26 heavy (non-hydrogen) atoms. The predicted molar refractivity (Wildman–Crippen MR) is 103 cm³/mol. The van der Waals surface area contributed by atoms with Crippen molar-refractivity contribution in [3.63, 3.8) is 0 Å². The summed E-state index contributed by atoms with van der Waals surface area (Å²) in [6.45, 7) is 0.314. The van der Waals surface area contributed by atoms with Gasteiger partial charge in [0.1, 0.15) is 19.0 Å². The Labute approximate surface area is 165 Å². The molecule has 0 aliphatic carbocycles. The third-order valence-electron chi connectivity index (χ3n) is 3.21. The maximum absolute atomic E-state index is 11.6. The first-order chi connectivity index (χ1) is 12.5. The normalized spacial score (nSPS) is 10.5. The van der Waals surface area contributed by atoms with Crippen molar-refractivity contribution in [1.29, 1.82) is 0 Å². The van der Waals surface area contributed by atoms with Gasteiger partial charge in [0.15, 0.2) is 0 Å². The van der Waals surface area contributed by atoms with Crippen LogP contribution in [0.1, 0.15) is 0 Å². The lowest BCUT2D eigenvalue weighted by Crippen LogP contribution is -2.18. The third kappa shape index (κ3) is 4.58. The van der Waals surface area contributed by atoms with E-state index in [4.69, 9.17) is 15.2 Å². The number of nitrogen functional groups attached to an aromatic ring is 1. The standard InChI is InChI=1S/C16H13Br2N5O3/c17-10-3-1-9(2-4-10)12-13(19)22-15(24)23-14(12)25-5-6-26-16-20-7-11(18)8-21-16/h1-4,7-8H,5-6H2,(H3,19,22,23,24). The van der Waals surface area contributed by atoms with Gasteiger partial charge in [-0.05, 0) is 33.6 Å². The molecule has 0 unspecified atom stereocenters. The van der Waals surface area contributed by atoms with Gasteiger partial charge in [-0.25, -0.2) is 14.8 Å². The largest absolute Gasteiger partial charge is 0.473 e. The van der Waals surface area contributed by atoms with Crippen LogP contribution in [0.15, 0.2) is 50.4 Å². The highest BCUT2D eigenvalue weighted by molar-refractivity contribution is 9.10. The Morgan fingerprint density at radius 1 is 1.00 bits per heavy atom. The minimum Gasteiger partial charge on any atom is -0.473 e. The number of ether oxygens (including phenoxy) is 2. The number of nitrogens with two attached hydrogens (primary N) is 1. The first kappa shape index (κ1) is 18.3. The first-order valence-electron chi connectivity index (χ1n) is 7.42. The quantitative estimate of drug-likeness (QED) is 0.519. The summed E-state index contributed by atoms with van der Waals surface area (Å²) in [5, 5.41) is 0. The highest BCUT2D eigenvalue weighted by atomic mass is 79.9. The van der Waals surface area contributed by atoms with E-state index in [0.29, 0.717) is 5.56 Å². The molecule has 3 rings (SSSR count). The molecule has 134 valence electrons. The summed E-state index contributed by atoms with van der Waals surface area (Å²) in [4.78, 5) is 26.0. The SMILES string of the molecule is Nc1[nH]c(=O)nc(OCCOc2ncc(Br)cn2)c1-c1ccc(Br)cc1. The lowest BCUT2D eigenvalue weighted by molar-refractivity contribution is 0.201. The van der Waals surface area contributed by atoms with Gasteiger partial charge in [-0.15, -0.1) is 0 Å². The summed E-state index contributed by atoms with van der Waals surface area (Å²) >= 11 is 6.62. The topological polar surface area (TPSA) is 116 Å². The molecule has 0 amide bonds. The van der Waals surface area contributed by atoms with Gasteiger partial charge in [0.25, 0.3) is 0 Å². The fourth-order valence-corrected chi connectivity index (χ4v) is 2.58. The summed E-state index contributed by atoms with van der Waals surface area (Å²) in [6.07, 6.45) is 3.15. The Morgan fingerprint density at radius 3 is 2.35 bits per heavy atom. The smallest absolute Gasteiger partial charge is 0.349 e. The second kappa shape index (κ2) is 8.28. The van der Waals surface area contributed by atoms with Crippen LogP contribution >= 0.6 is 31.9 Å². The molecule has 0 radical (unpaired) electrons. The van der Waals surface area contributed by atoms with E-state index in [-0.39, 0.29) is 30.9 Å². The second-order valence-corrected chi connectivity index (χ2v) is 6.85. The van der Waals surface area contributed by atoms with E-state index in [1.54, 1.807) is 12.4 Å². The number of benzene rings is 1. The number of hydrogen-bond donors (Lipinski definition) is 2. The lowest BCUT2D eigenvalue weighted by atomic mass is 10.1. The van der Waals surface area contributed by atoms with Crippen molar-refractivity contribution in [2.45, 2.75) is 0 Å². The van der Waals surface area contributed by atoms with Gasteiger partial charge in [0, 0.05) is 16.9 Å². The Kier molecular flexibility index (Phi) is 5.84. The zero-order valence-electron chi connectivity index (χ0n) is 13.3. The number of aromatic nitrogens is 4. The van der Waals surface area contributed by atoms with Gasteiger partial charge in [0.2, 0.25) is 5.88 Å². The summed E-state index contributed by atoms with van der Waals surface area (Å²) in [5.41, 5.74) is 6.65. The molecule has 0 saturated heterocycles. The zero-order chi connectivity index (χ0) is 18.5. The van der Waals surface area contributed by atoms with E-state index in [1.807, 2.05) is 24.3 Å². The average molecular weight is 483 g/mol. The molecule has 2 aromatic heterocycles. The number of anilines is 1. The van der Waals surface area contributed by atoms with Crippen LogP contribution in [0.5, 0.6) is 11.9 Å².